The van der Waals surface area contributed by atoms with E-state index in [1.807, 2.05) is 25.1 Å². The maximum atomic E-state index is 5.75. The highest BCUT2D eigenvalue weighted by atomic mass is 16.2. The van der Waals surface area contributed by atoms with E-state index in [1.54, 1.807) is 0 Å². The van der Waals surface area contributed by atoms with Crippen molar-refractivity contribution >= 4 is 0 Å². The van der Waals surface area contributed by atoms with Crippen LogP contribution in [-0.2, 0) is 6.42 Å². The van der Waals surface area contributed by atoms with Crippen LogP contribution < -0.4 is 0 Å². The zero-order valence-electron chi connectivity index (χ0n) is 8.90. The van der Waals surface area contributed by atoms with Crippen LogP contribution in [0, 0.1) is 0 Å². The first-order valence-electron chi connectivity index (χ1n) is 4.75. The maximum Gasteiger partial charge on any atom is 0.133 e. The van der Waals surface area contributed by atoms with Crippen molar-refractivity contribution in [3.8, 4) is 0 Å². The molecule has 0 aliphatic carbocycles. The fraction of sp³-hybridized carbons (Fsp3) is 0.231. The first kappa shape index (κ1) is 12.7. The van der Waals surface area contributed by atoms with Gasteiger partial charge in [0, 0.05) is 0 Å². The smallest absolute Gasteiger partial charge is 0.133 e. The molecule has 2 N–H and O–H groups in total. The van der Waals surface area contributed by atoms with Crippen molar-refractivity contribution in [3.05, 3.63) is 60.2 Å². The van der Waals surface area contributed by atoms with Crippen LogP contribution in [0.4, 0.5) is 0 Å². The van der Waals surface area contributed by atoms with Crippen molar-refractivity contribution in [2.45, 2.75) is 13.3 Å². The average Bonchev–Trinajstić information content (AvgIpc) is 2.29. The quantitative estimate of drug-likeness (QED) is 0.518. The Balaban J connectivity index is 0.000000791. The van der Waals surface area contributed by atoms with Crippen LogP contribution >= 0.6 is 0 Å². The van der Waals surface area contributed by atoms with Crippen LogP contribution in [0.3, 0.4) is 0 Å². The van der Waals surface area contributed by atoms with E-state index in [0.29, 0.717) is 0 Å². The summed E-state index contributed by atoms with van der Waals surface area (Å²) in [7, 11) is 1.25. The molecule has 0 fully saturated rings. The molecule has 76 valence electrons. The molecule has 0 saturated carbocycles. The standard InChI is InChI=1S/C12H14.CH4O/c1-2-3-4-6-9-12-10-7-5-8-11-12;1-2/h2-8,10-11H,9H2,1H3;2H,1H3/p+1/b3-2-,6-4-;. The maximum absolute atomic E-state index is 5.75. The molecule has 1 aromatic carbocycles. The minimum atomic E-state index is 1.02. The number of hydrogen-bond acceptors (Lipinski definition) is 0. The van der Waals surface area contributed by atoms with E-state index in [-0.39, 0.29) is 0 Å². The molecule has 14 heavy (non-hydrogen) atoms. The summed E-state index contributed by atoms with van der Waals surface area (Å²) in [6, 6.07) is 10.5. The molecule has 0 aliphatic rings. The van der Waals surface area contributed by atoms with E-state index in [4.69, 9.17) is 5.11 Å². The summed E-state index contributed by atoms with van der Waals surface area (Å²) in [4.78, 5) is 0. The van der Waals surface area contributed by atoms with Gasteiger partial charge in [-0.25, -0.2) is 0 Å². The van der Waals surface area contributed by atoms with Crippen molar-refractivity contribution in [2.75, 3.05) is 7.11 Å². The Morgan fingerprint density at radius 2 is 1.71 bits per heavy atom. The summed E-state index contributed by atoms with van der Waals surface area (Å²) in [6.07, 6.45) is 9.33. The van der Waals surface area contributed by atoms with Crippen LogP contribution in [0.5, 0.6) is 0 Å². The summed E-state index contributed by atoms with van der Waals surface area (Å²) in [5.41, 5.74) is 1.36. The third-order valence-electron chi connectivity index (χ3n) is 1.64. The molecule has 0 bridgehead atoms. The Morgan fingerprint density at radius 3 is 2.29 bits per heavy atom. The van der Waals surface area contributed by atoms with E-state index in [2.05, 4.69) is 36.4 Å². The van der Waals surface area contributed by atoms with E-state index in [1.165, 1.54) is 12.7 Å². The van der Waals surface area contributed by atoms with Crippen molar-refractivity contribution in [2.24, 2.45) is 0 Å². The summed E-state index contributed by atoms with van der Waals surface area (Å²) in [6.45, 7) is 2.02. The molecule has 0 spiro atoms. The van der Waals surface area contributed by atoms with Crippen molar-refractivity contribution in [3.63, 3.8) is 0 Å². The fourth-order valence-corrected chi connectivity index (χ4v) is 1.01. The van der Waals surface area contributed by atoms with Crippen molar-refractivity contribution in [1.82, 2.24) is 0 Å². The van der Waals surface area contributed by atoms with Crippen LogP contribution in [0.2, 0.25) is 0 Å². The molecule has 1 rings (SSSR count). The Kier molecular flexibility index (Phi) is 8.81. The van der Waals surface area contributed by atoms with Gasteiger partial charge in [0.05, 0.1) is 0 Å². The summed E-state index contributed by atoms with van der Waals surface area (Å²) < 4.78 is 0. The molecule has 0 amide bonds. The molecule has 1 aromatic rings. The minimum Gasteiger partial charge on any atom is -0.448 e. The van der Waals surface area contributed by atoms with Gasteiger partial charge in [0.15, 0.2) is 0 Å². The highest BCUT2D eigenvalue weighted by Crippen LogP contribution is 1.99. The molecule has 1 heteroatoms. The molecule has 0 aromatic heterocycles. The fourth-order valence-electron chi connectivity index (χ4n) is 1.01. The predicted molar refractivity (Wildman–Crippen MR) is 63.6 cm³/mol. The van der Waals surface area contributed by atoms with Crippen molar-refractivity contribution in [1.29, 1.82) is 0 Å². The topological polar surface area (TPSA) is 22.9 Å². The lowest BCUT2D eigenvalue weighted by atomic mass is 10.1. The monoisotopic (exact) mass is 191 g/mol. The second-order valence-corrected chi connectivity index (χ2v) is 2.64. The van der Waals surface area contributed by atoms with Gasteiger partial charge in [0.1, 0.15) is 7.11 Å². The zero-order chi connectivity index (χ0) is 10.6. The molecule has 0 unspecified atom stereocenters. The Labute approximate surface area is 86.4 Å². The molecular weight excluding hydrogens is 172 g/mol. The van der Waals surface area contributed by atoms with E-state index < -0.39 is 0 Å². The molecule has 0 atom stereocenters. The van der Waals surface area contributed by atoms with Crippen LogP contribution in [-0.4, -0.2) is 12.2 Å². The van der Waals surface area contributed by atoms with Crippen LogP contribution in [0.25, 0.3) is 0 Å². The lowest BCUT2D eigenvalue weighted by Crippen LogP contribution is -1.77. The Hall–Kier alpha value is -1.34. The SMILES string of the molecule is C/C=C\C=C/Cc1ccccc1.C[OH2+]. The van der Waals surface area contributed by atoms with Gasteiger partial charge in [-0.15, -0.1) is 0 Å². The van der Waals surface area contributed by atoms with E-state index in [0.717, 1.165) is 6.42 Å². The minimum absolute atomic E-state index is 1.02. The van der Waals surface area contributed by atoms with E-state index >= 15 is 0 Å². The van der Waals surface area contributed by atoms with Gasteiger partial charge in [-0.1, -0.05) is 54.6 Å². The zero-order valence-corrected chi connectivity index (χ0v) is 8.90. The normalized spacial score (nSPS) is 10.2. The molecule has 0 saturated heterocycles. The highest BCUT2D eigenvalue weighted by molar-refractivity contribution is 5.18. The molecule has 0 heterocycles. The van der Waals surface area contributed by atoms with Gasteiger partial charge in [0.25, 0.3) is 0 Å². The first-order valence-corrected chi connectivity index (χ1v) is 4.75. The second kappa shape index (κ2) is 9.75. The average molecular weight is 191 g/mol. The first-order chi connectivity index (χ1) is 6.93. The third-order valence-corrected chi connectivity index (χ3v) is 1.64. The summed E-state index contributed by atoms with van der Waals surface area (Å²) in [5, 5.41) is 5.75. The molecule has 1 nitrogen and oxygen atoms in total. The van der Waals surface area contributed by atoms with Gasteiger partial charge in [-0.05, 0) is 18.9 Å². The van der Waals surface area contributed by atoms with Gasteiger partial charge in [-0.3, -0.25) is 0 Å². The highest BCUT2D eigenvalue weighted by Gasteiger charge is 1.83. The summed E-state index contributed by atoms with van der Waals surface area (Å²) in [5.74, 6) is 0. The van der Waals surface area contributed by atoms with E-state index in [9.17, 15) is 0 Å². The number of benzene rings is 1. The molecule has 0 radical (unpaired) electrons. The Bertz CT molecular complexity index is 260. The van der Waals surface area contributed by atoms with Gasteiger partial charge < -0.3 is 5.11 Å². The molecule has 0 aliphatic heterocycles. The lowest BCUT2D eigenvalue weighted by molar-refractivity contribution is 0.399. The predicted octanol–water partition coefficient (Wildman–Crippen LogP) is 2.70. The van der Waals surface area contributed by atoms with Crippen LogP contribution in [0.15, 0.2) is 54.6 Å². The Morgan fingerprint density at radius 1 is 1.07 bits per heavy atom. The largest absolute Gasteiger partial charge is 0.448 e. The third kappa shape index (κ3) is 6.21. The van der Waals surface area contributed by atoms with Gasteiger partial charge in [-0.2, -0.15) is 0 Å². The number of allylic oxidation sites excluding steroid dienone is 4. The van der Waals surface area contributed by atoms with Crippen LogP contribution in [0.1, 0.15) is 12.5 Å². The van der Waals surface area contributed by atoms with Gasteiger partial charge in [0.2, 0.25) is 0 Å². The molecular formula is C13H19O+. The number of rotatable bonds is 3. The lowest BCUT2D eigenvalue weighted by Gasteiger charge is -1.92. The van der Waals surface area contributed by atoms with Gasteiger partial charge >= 0.3 is 0 Å². The second-order valence-electron chi connectivity index (χ2n) is 2.64. The number of hydrogen-bond donors (Lipinski definition) is 0. The van der Waals surface area contributed by atoms with Crippen molar-refractivity contribution < 1.29 is 5.11 Å². The summed E-state index contributed by atoms with van der Waals surface area (Å²) >= 11 is 0.